The predicted molar refractivity (Wildman–Crippen MR) is 116 cm³/mol. The highest BCUT2D eigenvalue weighted by molar-refractivity contribution is 14.0. The maximum atomic E-state index is 5.31. The molecule has 1 aromatic heterocycles. The van der Waals surface area contributed by atoms with Crippen LogP contribution in [0.25, 0.3) is 0 Å². The number of benzene rings is 1. The number of ether oxygens (including phenoxy) is 1. The van der Waals surface area contributed by atoms with E-state index in [0.717, 1.165) is 41.1 Å². The number of aliphatic imine (C=N–C) groups is 1. The molecule has 1 N–H and O–H groups in total. The van der Waals surface area contributed by atoms with Crippen LogP contribution in [-0.4, -0.2) is 36.5 Å². The molecule has 0 aliphatic carbocycles. The van der Waals surface area contributed by atoms with Crippen molar-refractivity contribution in [2.24, 2.45) is 4.99 Å². The Balaban J connectivity index is 0.00000312. The van der Waals surface area contributed by atoms with E-state index in [0.29, 0.717) is 6.54 Å². The van der Waals surface area contributed by atoms with E-state index in [-0.39, 0.29) is 24.0 Å². The molecule has 1 aromatic carbocycles. The van der Waals surface area contributed by atoms with Crippen LogP contribution in [0.3, 0.4) is 0 Å². The first-order valence-electron chi connectivity index (χ1n) is 8.07. The first-order chi connectivity index (χ1) is 11.5. The average molecular weight is 474 g/mol. The summed E-state index contributed by atoms with van der Waals surface area (Å²) in [5.41, 5.74) is 3.37. The van der Waals surface area contributed by atoms with E-state index in [1.807, 2.05) is 27.0 Å². The summed E-state index contributed by atoms with van der Waals surface area (Å²) >= 11 is 1.68. The van der Waals surface area contributed by atoms with Crippen LogP contribution in [0.2, 0.25) is 0 Å². The lowest BCUT2D eigenvalue weighted by Crippen LogP contribution is -2.38. The second-order valence-corrected chi connectivity index (χ2v) is 6.75. The highest BCUT2D eigenvalue weighted by atomic mass is 127. The highest BCUT2D eigenvalue weighted by Crippen LogP contribution is 2.19. The first kappa shape index (κ1) is 21.7. The van der Waals surface area contributed by atoms with E-state index in [2.05, 4.69) is 39.6 Å². The van der Waals surface area contributed by atoms with Crippen molar-refractivity contribution < 1.29 is 4.74 Å². The summed E-state index contributed by atoms with van der Waals surface area (Å²) in [6, 6.07) is 6.17. The summed E-state index contributed by atoms with van der Waals surface area (Å²) < 4.78 is 5.31. The molecule has 2 aromatic rings. The SMILES string of the molecule is CCNC(=NCc1ccc(OC)c(C)c1)N(C)Cc1csc(C)n1.I. The number of halogens is 1. The fourth-order valence-corrected chi connectivity index (χ4v) is 3.08. The lowest BCUT2D eigenvalue weighted by atomic mass is 10.1. The number of aromatic nitrogens is 1. The second-order valence-electron chi connectivity index (χ2n) is 5.69. The van der Waals surface area contributed by atoms with Crippen LogP contribution in [0.5, 0.6) is 5.75 Å². The molecule has 7 heteroatoms. The first-order valence-corrected chi connectivity index (χ1v) is 8.95. The number of rotatable bonds is 6. The molecule has 0 bridgehead atoms. The fourth-order valence-electron chi connectivity index (χ4n) is 2.47. The van der Waals surface area contributed by atoms with Gasteiger partial charge in [0, 0.05) is 19.0 Å². The summed E-state index contributed by atoms with van der Waals surface area (Å²) in [6.07, 6.45) is 0. The molecule has 0 saturated heterocycles. The van der Waals surface area contributed by atoms with E-state index in [9.17, 15) is 0 Å². The van der Waals surface area contributed by atoms with Gasteiger partial charge >= 0.3 is 0 Å². The third-order valence-electron chi connectivity index (χ3n) is 3.63. The van der Waals surface area contributed by atoms with E-state index in [4.69, 9.17) is 9.73 Å². The van der Waals surface area contributed by atoms with Crippen molar-refractivity contribution in [3.05, 3.63) is 45.4 Å². The van der Waals surface area contributed by atoms with Gasteiger partial charge in [0.25, 0.3) is 0 Å². The third kappa shape index (κ3) is 6.47. The standard InChI is InChI=1S/C18H26N4OS.HI/c1-6-19-18(22(4)11-16-12-24-14(3)21-16)20-10-15-7-8-17(23-5)13(2)9-15;/h7-9,12H,6,10-11H2,1-5H3,(H,19,20);1H. The molecule has 5 nitrogen and oxygen atoms in total. The van der Waals surface area contributed by atoms with Crippen LogP contribution < -0.4 is 10.1 Å². The molecule has 0 aliphatic rings. The van der Waals surface area contributed by atoms with Gasteiger partial charge in [0.2, 0.25) is 0 Å². The number of aryl methyl sites for hydroxylation is 2. The van der Waals surface area contributed by atoms with Crippen molar-refractivity contribution >= 4 is 41.3 Å². The largest absolute Gasteiger partial charge is 0.496 e. The molecule has 0 radical (unpaired) electrons. The molecule has 0 fully saturated rings. The third-order valence-corrected chi connectivity index (χ3v) is 4.46. The Labute approximate surface area is 171 Å². The van der Waals surface area contributed by atoms with Crippen molar-refractivity contribution in [3.63, 3.8) is 0 Å². The van der Waals surface area contributed by atoms with E-state index >= 15 is 0 Å². The van der Waals surface area contributed by atoms with Gasteiger partial charge in [-0.25, -0.2) is 9.98 Å². The van der Waals surface area contributed by atoms with Gasteiger partial charge in [-0.2, -0.15) is 0 Å². The Morgan fingerprint density at radius 2 is 2.12 bits per heavy atom. The number of guanidine groups is 1. The van der Waals surface area contributed by atoms with Crippen molar-refractivity contribution in [3.8, 4) is 5.75 Å². The minimum Gasteiger partial charge on any atom is -0.496 e. The quantitative estimate of drug-likeness (QED) is 0.391. The molecule has 0 amide bonds. The van der Waals surface area contributed by atoms with Gasteiger partial charge in [0.1, 0.15) is 5.75 Å². The minimum atomic E-state index is 0. The molecule has 0 atom stereocenters. The number of nitrogens with zero attached hydrogens (tertiary/aromatic N) is 3. The summed E-state index contributed by atoms with van der Waals surface area (Å²) in [5, 5.41) is 6.53. The van der Waals surface area contributed by atoms with Crippen molar-refractivity contribution in [1.82, 2.24) is 15.2 Å². The maximum Gasteiger partial charge on any atom is 0.194 e. The van der Waals surface area contributed by atoms with Crippen LogP contribution in [0, 0.1) is 13.8 Å². The van der Waals surface area contributed by atoms with Gasteiger partial charge in [0.15, 0.2) is 5.96 Å². The molecule has 0 saturated carbocycles. The number of hydrogen-bond donors (Lipinski definition) is 1. The Hall–Kier alpha value is -1.35. The number of nitrogens with one attached hydrogen (secondary N) is 1. The highest BCUT2D eigenvalue weighted by Gasteiger charge is 2.09. The van der Waals surface area contributed by atoms with Gasteiger partial charge in [-0.3, -0.25) is 0 Å². The van der Waals surface area contributed by atoms with Gasteiger partial charge in [-0.05, 0) is 38.0 Å². The number of thiazole rings is 1. The zero-order valence-corrected chi connectivity index (χ0v) is 18.6. The van der Waals surface area contributed by atoms with E-state index in [1.165, 1.54) is 5.56 Å². The smallest absolute Gasteiger partial charge is 0.194 e. The molecule has 138 valence electrons. The zero-order valence-electron chi connectivity index (χ0n) is 15.5. The number of methoxy groups -OCH3 is 1. The Morgan fingerprint density at radius 3 is 2.68 bits per heavy atom. The van der Waals surface area contributed by atoms with Crippen LogP contribution >= 0.6 is 35.3 Å². The van der Waals surface area contributed by atoms with Gasteiger partial charge in [-0.15, -0.1) is 35.3 Å². The van der Waals surface area contributed by atoms with Gasteiger partial charge in [0.05, 0.1) is 30.9 Å². The van der Waals surface area contributed by atoms with Crippen LogP contribution in [0.4, 0.5) is 0 Å². The molecule has 2 rings (SSSR count). The van der Waals surface area contributed by atoms with Crippen molar-refractivity contribution in [2.75, 3.05) is 20.7 Å². The Bertz CT molecular complexity index is 702. The van der Waals surface area contributed by atoms with E-state index in [1.54, 1.807) is 18.4 Å². The molecular formula is C18H27IN4OS. The minimum absolute atomic E-state index is 0. The average Bonchev–Trinajstić information content (AvgIpc) is 2.96. The maximum absolute atomic E-state index is 5.31. The van der Waals surface area contributed by atoms with Crippen molar-refractivity contribution in [2.45, 2.75) is 33.9 Å². The van der Waals surface area contributed by atoms with Crippen LogP contribution in [0.1, 0.15) is 28.8 Å². The molecule has 0 aliphatic heterocycles. The van der Waals surface area contributed by atoms with Crippen LogP contribution in [0.15, 0.2) is 28.6 Å². The fraction of sp³-hybridized carbons (Fsp3) is 0.444. The lowest BCUT2D eigenvalue weighted by molar-refractivity contribution is 0.411. The monoisotopic (exact) mass is 474 g/mol. The van der Waals surface area contributed by atoms with Crippen molar-refractivity contribution in [1.29, 1.82) is 0 Å². The summed E-state index contributed by atoms with van der Waals surface area (Å²) in [4.78, 5) is 11.4. The topological polar surface area (TPSA) is 49.8 Å². The summed E-state index contributed by atoms with van der Waals surface area (Å²) in [5.74, 6) is 1.79. The lowest BCUT2D eigenvalue weighted by Gasteiger charge is -2.21. The molecule has 25 heavy (non-hydrogen) atoms. The van der Waals surface area contributed by atoms with Gasteiger partial charge in [-0.1, -0.05) is 12.1 Å². The summed E-state index contributed by atoms with van der Waals surface area (Å²) in [6.45, 7) is 8.37. The van der Waals surface area contributed by atoms with Crippen LogP contribution in [-0.2, 0) is 13.1 Å². The van der Waals surface area contributed by atoms with E-state index < -0.39 is 0 Å². The molecule has 0 unspecified atom stereocenters. The number of hydrogen-bond acceptors (Lipinski definition) is 4. The summed E-state index contributed by atoms with van der Waals surface area (Å²) in [7, 11) is 3.73. The molecule has 1 heterocycles. The Morgan fingerprint density at radius 1 is 1.36 bits per heavy atom. The normalized spacial score (nSPS) is 11.0. The molecular weight excluding hydrogens is 447 g/mol. The predicted octanol–water partition coefficient (Wildman–Crippen LogP) is 3.98. The second kappa shape index (κ2) is 10.6. The Kier molecular flexibility index (Phi) is 9.20. The zero-order chi connectivity index (χ0) is 17.5. The molecule has 0 spiro atoms. The van der Waals surface area contributed by atoms with Gasteiger partial charge < -0.3 is 15.0 Å².